The predicted molar refractivity (Wildman–Crippen MR) is 70.0 cm³/mol. The van der Waals surface area contributed by atoms with Gasteiger partial charge in [-0.25, -0.2) is 9.07 Å². The summed E-state index contributed by atoms with van der Waals surface area (Å²) in [7, 11) is 0. The molecule has 3 rings (SSSR count). The molecule has 1 aromatic heterocycles. The SMILES string of the molecule is Fc1ccc(-n2cc(Cl)cn2)c(N2CCCC2)c1. The molecular weight excluding hydrogens is 253 g/mol. The molecule has 0 radical (unpaired) electrons. The van der Waals surface area contributed by atoms with E-state index in [-0.39, 0.29) is 5.82 Å². The van der Waals surface area contributed by atoms with Crippen molar-refractivity contribution in [3.8, 4) is 5.69 Å². The highest BCUT2D eigenvalue weighted by atomic mass is 35.5. The molecule has 0 saturated carbocycles. The first-order valence-corrected chi connectivity index (χ1v) is 6.37. The van der Waals surface area contributed by atoms with Crippen molar-refractivity contribution in [3.63, 3.8) is 0 Å². The first-order chi connectivity index (χ1) is 8.74. The third kappa shape index (κ3) is 2.08. The van der Waals surface area contributed by atoms with Crippen molar-refractivity contribution in [2.75, 3.05) is 18.0 Å². The minimum atomic E-state index is -0.223. The molecule has 1 saturated heterocycles. The van der Waals surface area contributed by atoms with Crippen molar-refractivity contribution in [2.45, 2.75) is 12.8 Å². The quantitative estimate of drug-likeness (QED) is 0.831. The maximum absolute atomic E-state index is 13.4. The maximum atomic E-state index is 13.4. The Kier molecular flexibility index (Phi) is 2.96. The fraction of sp³-hybridized carbons (Fsp3) is 0.308. The Bertz CT molecular complexity index is 561. The second-order valence-corrected chi connectivity index (χ2v) is 4.87. The van der Waals surface area contributed by atoms with Gasteiger partial charge in [0.05, 0.1) is 22.6 Å². The molecule has 2 aromatic rings. The summed E-state index contributed by atoms with van der Waals surface area (Å²) < 4.78 is 15.1. The molecule has 0 bridgehead atoms. The van der Waals surface area contributed by atoms with Gasteiger partial charge in [0.15, 0.2) is 0 Å². The van der Waals surface area contributed by atoms with Crippen LogP contribution in [0.25, 0.3) is 5.69 Å². The van der Waals surface area contributed by atoms with E-state index < -0.39 is 0 Å². The van der Waals surface area contributed by atoms with Crippen LogP contribution in [0.15, 0.2) is 30.6 Å². The number of rotatable bonds is 2. The van der Waals surface area contributed by atoms with Crippen molar-refractivity contribution < 1.29 is 4.39 Å². The first kappa shape index (κ1) is 11.5. The number of aromatic nitrogens is 2. The lowest BCUT2D eigenvalue weighted by Crippen LogP contribution is -2.20. The lowest BCUT2D eigenvalue weighted by atomic mass is 10.2. The molecule has 3 nitrogen and oxygen atoms in total. The zero-order valence-electron chi connectivity index (χ0n) is 9.81. The summed E-state index contributed by atoms with van der Waals surface area (Å²) in [6, 6.07) is 4.76. The number of benzene rings is 1. The third-order valence-electron chi connectivity index (χ3n) is 3.18. The average molecular weight is 266 g/mol. The number of hydrogen-bond donors (Lipinski definition) is 0. The van der Waals surface area contributed by atoms with Crippen LogP contribution in [0.4, 0.5) is 10.1 Å². The summed E-state index contributed by atoms with van der Waals surface area (Å²) in [6.07, 6.45) is 5.61. The Morgan fingerprint density at radius 1 is 1.17 bits per heavy atom. The van der Waals surface area contributed by atoms with E-state index in [4.69, 9.17) is 11.6 Å². The van der Waals surface area contributed by atoms with E-state index >= 15 is 0 Å². The van der Waals surface area contributed by atoms with Gasteiger partial charge < -0.3 is 4.90 Å². The van der Waals surface area contributed by atoms with Crippen molar-refractivity contribution in [1.82, 2.24) is 9.78 Å². The summed E-state index contributed by atoms with van der Waals surface area (Å²) in [6.45, 7) is 1.93. The zero-order valence-corrected chi connectivity index (χ0v) is 10.6. The molecule has 1 aliphatic heterocycles. The van der Waals surface area contributed by atoms with Gasteiger partial charge in [-0.2, -0.15) is 5.10 Å². The summed E-state index contributed by atoms with van der Waals surface area (Å²) in [5.74, 6) is -0.223. The van der Waals surface area contributed by atoms with Gasteiger partial charge >= 0.3 is 0 Å². The predicted octanol–water partition coefficient (Wildman–Crippen LogP) is 3.27. The molecule has 2 heterocycles. The molecular formula is C13H13ClFN3. The lowest BCUT2D eigenvalue weighted by Gasteiger charge is -2.21. The summed E-state index contributed by atoms with van der Waals surface area (Å²) >= 11 is 5.88. The van der Waals surface area contributed by atoms with Gasteiger partial charge in [0.2, 0.25) is 0 Å². The van der Waals surface area contributed by atoms with Gasteiger partial charge in [0, 0.05) is 19.3 Å². The van der Waals surface area contributed by atoms with Crippen LogP contribution in [0.1, 0.15) is 12.8 Å². The van der Waals surface area contributed by atoms with Crippen LogP contribution in [0.2, 0.25) is 5.02 Å². The smallest absolute Gasteiger partial charge is 0.125 e. The van der Waals surface area contributed by atoms with Crippen LogP contribution in [-0.4, -0.2) is 22.9 Å². The second kappa shape index (κ2) is 4.61. The molecule has 0 unspecified atom stereocenters. The Hall–Kier alpha value is -1.55. The fourth-order valence-corrected chi connectivity index (χ4v) is 2.47. The molecule has 0 N–H and O–H groups in total. The van der Waals surface area contributed by atoms with Gasteiger partial charge in [0.1, 0.15) is 5.82 Å². The molecule has 0 spiro atoms. The fourth-order valence-electron chi connectivity index (χ4n) is 2.33. The van der Waals surface area contributed by atoms with E-state index in [0.29, 0.717) is 5.02 Å². The number of hydrogen-bond acceptors (Lipinski definition) is 2. The van der Waals surface area contributed by atoms with Crippen LogP contribution < -0.4 is 4.90 Å². The Morgan fingerprint density at radius 2 is 1.94 bits per heavy atom. The van der Waals surface area contributed by atoms with Crippen LogP contribution in [0.3, 0.4) is 0 Å². The summed E-state index contributed by atoms with van der Waals surface area (Å²) in [5.41, 5.74) is 1.75. The Morgan fingerprint density at radius 3 is 2.61 bits per heavy atom. The normalized spacial score (nSPS) is 15.3. The minimum Gasteiger partial charge on any atom is -0.370 e. The van der Waals surface area contributed by atoms with E-state index in [1.54, 1.807) is 29.2 Å². The molecule has 0 amide bonds. The molecule has 0 atom stereocenters. The highest BCUT2D eigenvalue weighted by molar-refractivity contribution is 6.30. The Balaban J connectivity index is 2.07. The highest BCUT2D eigenvalue weighted by Crippen LogP contribution is 2.28. The molecule has 1 fully saturated rings. The molecule has 18 heavy (non-hydrogen) atoms. The van der Waals surface area contributed by atoms with Crippen molar-refractivity contribution in [3.05, 3.63) is 41.4 Å². The molecule has 5 heteroatoms. The van der Waals surface area contributed by atoms with E-state index in [2.05, 4.69) is 10.00 Å². The van der Waals surface area contributed by atoms with Gasteiger partial charge in [-0.05, 0) is 31.0 Å². The maximum Gasteiger partial charge on any atom is 0.125 e. The van der Waals surface area contributed by atoms with Gasteiger partial charge in [-0.3, -0.25) is 0 Å². The van der Waals surface area contributed by atoms with Crippen LogP contribution in [0.5, 0.6) is 0 Å². The van der Waals surface area contributed by atoms with Crippen LogP contribution in [0, 0.1) is 5.82 Å². The highest BCUT2D eigenvalue weighted by Gasteiger charge is 2.17. The van der Waals surface area contributed by atoms with Crippen molar-refractivity contribution >= 4 is 17.3 Å². The van der Waals surface area contributed by atoms with Crippen LogP contribution in [-0.2, 0) is 0 Å². The lowest BCUT2D eigenvalue weighted by molar-refractivity contribution is 0.626. The van der Waals surface area contributed by atoms with Gasteiger partial charge in [0.25, 0.3) is 0 Å². The topological polar surface area (TPSA) is 21.1 Å². The average Bonchev–Trinajstić information content (AvgIpc) is 2.99. The standard InChI is InChI=1S/C13H13ClFN3/c14-10-8-16-18(9-10)12-4-3-11(15)7-13(12)17-5-1-2-6-17/h3-4,7-9H,1-2,5-6H2. The molecule has 0 aliphatic carbocycles. The van der Waals surface area contributed by atoms with Crippen LogP contribution >= 0.6 is 11.6 Å². The summed E-state index contributed by atoms with van der Waals surface area (Å²) in [4.78, 5) is 2.19. The number of halogens is 2. The molecule has 1 aromatic carbocycles. The largest absolute Gasteiger partial charge is 0.370 e. The number of anilines is 1. The minimum absolute atomic E-state index is 0.223. The Labute approximate surface area is 110 Å². The summed E-state index contributed by atoms with van der Waals surface area (Å²) in [5, 5.41) is 4.76. The molecule has 1 aliphatic rings. The monoisotopic (exact) mass is 265 g/mol. The van der Waals surface area contributed by atoms with E-state index in [1.165, 1.54) is 6.07 Å². The third-order valence-corrected chi connectivity index (χ3v) is 3.38. The zero-order chi connectivity index (χ0) is 12.5. The van der Waals surface area contributed by atoms with E-state index in [1.807, 2.05) is 0 Å². The molecule has 94 valence electrons. The van der Waals surface area contributed by atoms with Crippen molar-refractivity contribution in [2.24, 2.45) is 0 Å². The van der Waals surface area contributed by atoms with E-state index in [9.17, 15) is 4.39 Å². The van der Waals surface area contributed by atoms with E-state index in [0.717, 1.165) is 37.3 Å². The number of nitrogens with zero attached hydrogens (tertiary/aromatic N) is 3. The van der Waals surface area contributed by atoms with Gasteiger partial charge in [-0.15, -0.1) is 0 Å². The van der Waals surface area contributed by atoms with Crippen molar-refractivity contribution in [1.29, 1.82) is 0 Å². The first-order valence-electron chi connectivity index (χ1n) is 5.99. The van der Waals surface area contributed by atoms with Gasteiger partial charge in [-0.1, -0.05) is 11.6 Å². The second-order valence-electron chi connectivity index (χ2n) is 4.43.